The van der Waals surface area contributed by atoms with E-state index < -0.39 is 0 Å². The molecule has 1 heterocycles. The summed E-state index contributed by atoms with van der Waals surface area (Å²) >= 11 is 1.80. The fourth-order valence-electron chi connectivity index (χ4n) is 2.27. The zero-order valence-electron chi connectivity index (χ0n) is 12.4. The summed E-state index contributed by atoms with van der Waals surface area (Å²) in [6.07, 6.45) is 3.13. The standard InChI is InChI=1S/C16H23FN2S/c1-4-16(3)9-10-20-15(19-16)18-12(2)11-13-5-7-14(17)8-6-13/h5-8,12H,4,9-11H2,1-3H3,(H,18,19). The molecule has 1 N–H and O–H groups in total. The summed E-state index contributed by atoms with van der Waals surface area (Å²) in [6.45, 7) is 6.58. The number of nitrogens with one attached hydrogen (secondary N) is 1. The zero-order chi connectivity index (χ0) is 14.6. The van der Waals surface area contributed by atoms with Gasteiger partial charge in [-0.2, -0.15) is 0 Å². The van der Waals surface area contributed by atoms with E-state index in [4.69, 9.17) is 4.99 Å². The summed E-state index contributed by atoms with van der Waals surface area (Å²) in [4.78, 5) is 4.77. The first kappa shape index (κ1) is 15.4. The zero-order valence-corrected chi connectivity index (χ0v) is 13.3. The predicted octanol–water partition coefficient (Wildman–Crippen LogP) is 4.01. The minimum absolute atomic E-state index is 0.180. The van der Waals surface area contributed by atoms with Crippen LogP contribution in [0.4, 0.5) is 4.39 Å². The minimum Gasteiger partial charge on any atom is -0.360 e. The molecule has 0 aromatic heterocycles. The molecule has 2 rings (SSSR count). The van der Waals surface area contributed by atoms with Gasteiger partial charge in [-0.1, -0.05) is 30.8 Å². The van der Waals surface area contributed by atoms with Crippen molar-refractivity contribution in [2.45, 2.75) is 51.6 Å². The third-order valence-electron chi connectivity index (χ3n) is 3.86. The molecular formula is C16H23FN2S. The fraction of sp³-hybridized carbons (Fsp3) is 0.562. The van der Waals surface area contributed by atoms with Gasteiger partial charge in [-0.05, 0) is 50.8 Å². The van der Waals surface area contributed by atoms with Gasteiger partial charge in [-0.15, -0.1) is 0 Å². The fourth-order valence-corrected chi connectivity index (χ4v) is 3.59. The van der Waals surface area contributed by atoms with Crippen molar-refractivity contribution in [2.75, 3.05) is 5.75 Å². The molecule has 0 amide bonds. The van der Waals surface area contributed by atoms with Crippen molar-refractivity contribution >= 4 is 16.9 Å². The first-order chi connectivity index (χ1) is 9.50. The van der Waals surface area contributed by atoms with E-state index in [1.807, 2.05) is 12.1 Å². The first-order valence-corrected chi connectivity index (χ1v) is 8.22. The number of halogens is 1. The Morgan fingerprint density at radius 1 is 1.40 bits per heavy atom. The molecule has 1 aliphatic rings. The van der Waals surface area contributed by atoms with Crippen molar-refractivity contribution in [1.82, 2.24) is 5.32 Å². The van der Waals surface area contributed by atoms with Crippen molar-refractivity contribution in [2.24, 2.45) is 4.99 Å². The maximum Gasteiger partial charge on any atom is 0.157 e. The number of hydrogen-bond donors (Lipinski definition) is 1. The van der Waals surface area contributed by atoms with E-state index in [0.29, 0.717) is 0 Å². The molecule has 0 bridgehead atoms. The Hall–Kier alpha value is -1.03. The van der Waals surface area contributed by atoms with Crippen molar-refractivity contribution in [3.63, 3.8) is 0 Å². The van der Waals surface area contributed by atoms with Gasteiger partial charge in [0.2, 0.25) is 0 Å². The van der Waals surface area contributed by atoms with E-state index in [-0.39, 0.29) is 17.4 Å². The van der Waals surface area contributed by atoms with Gasteiger partial charge in [0.15, 0.2) is 5.17 Å². The van der Waals surface area contributed by atoms with Crippen LogP contribution in [0.25, 0.3) is 0 Å². The Kier molecular flexibility index (Phi) is 5.08. The van der Waals surface area contributed by atoms with E-state index in [0.717, 1.165) is 29.3 Å². The lowest BCUT2D eigenvalue weighted by Crippen LogP contribution is -2.48. The molecule has 2 nitrogen and oxygen atoms in total. The van der Waals surface area contributed by atoms with Gasteiger partial charge in [0.25, 0.3) is 0 Å². The highest BCUT2D eigenvalue weighted by Gasteiger charge is 2.27. The van der Waals surface area contributed by atoms with Gasteiger partial charge >= 0.3 is 0 Å². The largest absolute Gasteiger partial charge is 0.360 e. The van der Waals surface area contributed by atoms with Gasteiger partial charge in [0, 0.05) is 11.3 Å². The summed E-state index contributed by atoms with van der Waals surface area (Å²) in [5.74, 6) is 0.940. The summed E-state index contributed by atoms with van der Waals surface area (Å²) < 4.78 is 12.9. The Morgan fingerprint density at radius 3 is 2.75 bits per heavy atom. The van der Waals surface area contributed by atoms with E-state index in [1.165, 1.54) is 18.6 Å². The molecule has 2 atom stereocenters. The molecule has 0 spiro atoms. The lowest BCUT2D eigenvalue weighted by molar-refractivity contribution is 0.389. The van der Waals surface area contributed by atoms with Crippen LogP contribution in [0.1, 0.15) is 39.2 Å². The molecule has 4 heteroatoms. The SMILES string of the molecule is CCC1(C)CCSC(=NC(C)Cc2ccc(F)cc2)N1. The second-order valence-electron chi connectivity index (χ2n) is 5.75. The average Bonchev–Trinajstić information content (AvgIpc) is 2.41. The van der Waals surface area contributed by atoms with Crippen molar-refractivity contribution in [3.05, 3.63) is 35.6 Å². The number of aliphatic imine (C=N–C) groups is 1. The summed E-state index contributed by atoms with van der Waals surface area (Å²) in [7, 11) is 0. The monoisotopic (exact) mass is 294 g/mol. The summed E-state index contributed by atoms with van der Waals surface area (Å²) in [5.41, 5.74) is 1.31. The van der Waals surface area contributed by atoms with Crippen LogP contribution >= 0.6 is 11.8 Å². The molecule has 1 aromatic carbocycles. The van der Waals surface area contributed by atoms with Gasteiger partial charge in [-0.25, -0.2) is 4.39 Å². The highest BCUT2D eigenvalue weighted by atomic mass is 32.2. The van der Waals surface area contributed by atoms with Crippen LogP contribution in [0, 0.1) is 5.82 Å². The minimum atomic E-state index is -0.184. The highest BCUT2D eigenvalue weighted by Crippen LogP contribution is 2.25. The number of amidine groups is 1. The van der Waals surface area contributed by atoms with Crippen LogP contribution in [0.2, 0.25) is 0 Å². The number of nitrogens with zero attached hydrogens (tertiary/aromatic N) is 1. The van der Waals surface area contributed by atoms with E-state index in [9.17, 15) is 4.39 Å². The smallest absolute Gasteiger partial charge is 0.157 e. The third kappa shape index (κ3) is 4.23. The Morgan fingerprint density at radius 2 is 2.10 bits per heavy atom. The maximum atomic E-state index is 12.9. The molecule has 20 heavy (non-hydrogen) atoms. The molecule has 0 radical (unpaired) electrons. The lowest BCUT2D eigenvalue weighted by atomic mass is 9.96. The summed E-state index contributed by atoms with van der Waals surface area (Å²) in [5, 5.41) is 4.61. The quantitative estimate of drug-likeness (QED) is 0.907. The van der Waals surface area contributed by atoms with E-state index in [1.54, 1.807) is 11.8 Å². The molecule has 1 aliphatic heterocycles. The van der Waals surface area contributed by atoms with Crippen molar-refractivity contribution in [1.29, 1.82) is 0 Å². The van der Waals surface area contributed by atoms with Gasteiger partial charge in [0.1, 0.15) is 5.82 Å². The van der Waals surface area contributed by atoms with Crippen LogP contribution in [-0.4, -0.2) is 22.5 Å². The number of thioether (sulfide) groups is 1. The second kappa shape index (κ2) is 6.61. The van der Waals surface area contributed by atoms with Crippen LogP contribution in [-0.2, 0) is 6.42 Å². The Labute approximate surface area is 125 Å². The molecule has 0 aliphatic carbocycles. The van der Waals surface area contributed by atoms with Gasteiger partial charge < -0.3 is 5.32 Å². The molecule has 1 fully saturated rings. The lowest BCUT2D eigenvalue weighted by Gasteiger charge is -2.35. The topological polar surface area (TPSA) is 24.4 Å². The van der Waals surface area contributed by atoms with Gasteiger partial charge in [0.05, 0.1) is 6.04 Å². The van der Waals surface area contributed by atoms with Crippen molar-refractivity contribution < 1.29 is 4.39 Å². The maximum absolute atomic E-state index is 12.9. The first-order valence-electron chi connectivity index (χ1n) is 7.24. The normalized spacial score (nSPS) is 26.3. The Bertz CT molecular complexity index is 472. The molecular weight excluding hydrogens is 271 g/mol. The molecule has 0 saturated carbocycles. The Balaban J connectivity index is 1.97. The van der Waals surface area contributed by atoms with Crippen molar-refractivity contribution in [3.8, 4) is 0 Å². The molecule has 2 unspecified atom stereocenters. The summed E-state index contributed by atoms with van der Waals surface area (Å²) in [6, 6.07) is 6.90. The predicted molar refractivity (Wildman–Crippen MR) is 85.9 cm³/mol. The van der Waals surface area contributed by atoms with Crippen LogP contribution in [0.15, 0.2) is 29.3 Å². The van der Waals surface area contributed by atoms with E-state index in [2.05, 4.69) is 26.1 Å². The highest BCUT2D eigenvalue weighted by molar-refractivity contribution is 8.13. The number of benzene rings is 1. The molecule has 1 aromatic rings. The third-order valence-corrected chi connectivity index (χ3v) is 4.75. The van der Waals surface area contributed by atoms with Crippen LogP contribution in [0.5, 0.6) is 0 Å². The molecule has 1 saturated heterocycles. The van der Waals surface area contributed by atoms with Gasteiger partial charge in [-0.3, -0.25) is 4.99 Å². The average molecular weight is 294 g/mol. The van der Waals surface area contributed by atoms with E-state index >= 15 is 0 Å². The number of hydrogen-bond acceptors (Lipinski definition) is 2. The number of rotatable bonds is 4. The van der Waals surface area contributed by atoms with Crippen LogP contribution < -0.4 is 5.32 Å². The molecule has 110 valence electrons. The second-order valence-corrected chi connectivity index (χ2v) is 6.84. The van der Waals surface area contributed by atoms with Crippen LogP contribution in [0.3, 0.4) is 0 Å².